The number of carbonyl (C=O) groups is 1. The van der Waals surface area contributed by atoms with Crippen LogP contribution in [-0.4, -0.2) is 43.3 Å². The number of aliphatic hydroxyl groups is 1. The first-order valence-corrected chi connectivity index (χ1v) is 5.65. The fourth-order valence-electron chi connectivity index (χ4n) is 1.36. The summed E-state index contributed by atoms with van der Waals surface area (Å²) >= 11 is 0. The van der Waals surface area contributed by atoms with Crippen LogP contribution in [0.4, 0.5) is 0 Å². The van der Waals surface area contributed by atoms with Gasteiger partial charge in [-0.2, -0.15) is 0 Å². The third-order valence-corrected chi connectivity index (χ3v) is 2.14. The number of rotatable bonds is 6. The molecule has 0 aromatic carbocycles. The van der Waals surface area contributed by atoms with Crippen molar-refractivity contribution in [3.63, 3.8) is 0 Å². The Morgan fingerprint density at radius 3 is 2.62 bits per heavy atom. The number of esters is 1. The van der Waals surface area contributed by atoms with Gasteiger partial charge in [0.15, 0.2) is 6.29 Å². The van der Waals surface area contributed by atoms with E-state index in [9.17, 15) is 9.90 Å². The average molecular weight is 232 g/mol. The molecular formula is C11H20O5. The summed E-state index contributed by atoms with van der Waals surface area (Å²) in [7, 11) is 0. The smallest absolute Gasteiger partial charge is 0.308 e. The fraction of sp³-hybridized carbons (Fsp3) is 0.909. The lowest BCUT2D eigenvalue weighted by Crippen LogP contribution is -2.23. The molecule has 1 heterocycles. The van der Waals surface area contributed by atoms with Crippen molar-refractivity contribution < 1.29 is 24.1 Å². The topological polar surface area (TPSA) is 65.0 Å². The lowest BCUT2D eigenvalue weighted by atomic mass is 10.2. The molecule has 0 aromatic heterocycles. The van der Waals surface area contributed by atoms with Gasteiger partial charge in [0.2, 0.25) is 0 Å². The largest absolute Gasteiger partial charge is 0.465 e. The van der Waals surface area contributed by atoms with Crippen LogP contribution in [0.2, 0.25) is 0 Å². The molecule has 5 heteroatoms. The molecular weight excluding hydrogens is 212 g/mol. The SMILES string of the molecule is CC(C)COC(=O)C[C@@H](O)CC1OCCO1. The van der Waals surface area contributed by atoms with Crippen LogP contribution in [-0.2, 0) is 19.0 Å². The summed E-state index contributed by atoms with van der Waals surface area (Å²) in [6.07, 6.45) is -0.831. The summed E-state index contributed by atoms with van der Waals surface area (Å²) in [5.74, 6) is -0.0678. The highest BCUT2D eigenvalue weighted by Crippen LogP contribution is 2.12. The first-order valence-electron chi connectivity index (χ1n) is 5.65. The molecule has 0 amide bonds. The van der Waals surface area contributed by atoms with Gasteiger partial charge in [0.05, 0.1) is 32.3 Å². The van der Waals surface area contributed by atoms with Crippen molar-refractivity contribution in [3.05, 3.63) is 0 Å². The van der Waals surface area contributed by atoms with Gasteiger partial charge < -0.3 is 19.3 Å². The fourth-order valence-corrected chi connectivity index (χ4v) is 1.36. The van der Waals surface area contributed by atoms with Gasteiger partial charge in [-0.05, 0) is 5.92 Å². The minimum Gasteiger partial charge on any atom is -0.465 e. The Morgan fingerprint density at radius 2 is 2.06 bits per heavy atom. The molecule has 0 bridgehead atoms. The van der Waals surface area contributed by atoms with Crippen LogP contribution < -0.4 is 0 Å². The molecule has 0 spiro atoms. The molecule has 1 fully saturated rings. The molecule has 0 radical (unpaired) electrons. The standard InChI is InChI=1S/C11H20O5/c1-8(2)7-16-10(13)5-9(12)6-11-14-3-4-15-11/h8-9,11-12H,3-7H2,1-2H3/t9-/m1/s1. The van der Waals surface area contributed by atoms with Crippen molar-refractivity contribution in [2.45, 2.75) is 39.1 Å². The molecule has 1 atom stereocenters. The zero-order valence-corrected chi connectivity index (χ0v) is 9.85. The van der Waals surface area contributed by atoms with Gasteiger partial charge in [0, 0.05) is 6.42 Å². The first-order chi connectivity index (χ1) is 7.58. The second-order valence-electron chi connectivity index (χ2n) is 4.34. The summed E-state index contributed by atoms with van der Waals surface area (Å²) < 4.78 is 15.3. The minimum atomic E-state index is -0.761. The van der Waals surface area contributed by atoms with Crippen LogP contribution in [0.1, 0.15) is 26.7 Å². The number of hydrogen-bond acceptors (Lipinski definition) is 5. The quantitative estimate of drug-likeness (QED) is 0.683. The molecule has 1 N–H and O–H groups in total. The van der Waals surface area contributed by atoms with Gasteiger partial charge in [-0.25, -0.2) is 0 Å². The molecule has 1 saturated heterocycles. The van der Waals surface area contributed by atoms with E-state index in [1.54, 1.807) is 0 Å². The van der Waals surface area contributed by atoms with E-state index in [0.717, 1.165) is 0 Å². The maximum Gasteiger partial charge on any atom is 0.308 e. The van der Waals surface area contributed by atoms with E-state index in [1.165, 1.54) is 0 Å². The maximum absolute atomic E-state index is 11.3. The predicted octanol–water partition coefficient (Wildman–Crippen LogP) is 0.700. The van der Waals surface area contributed by atoms with E-state index >= 15 is 0 Å². The summed E-state index contributed by atoms with van der Waals surface area (Å²) in [4.78, 5) is 11.3. The molecule has 5 nitrogen and oxygen atoms in total. The van der Waals surface area contributed by atoms with Gasteiger partial charge in [0.1, 0.15) is 0 Å². The van der Waals surface area contributed by atoms with Gasteiger partial charge in [-0.1, -0.05) is 13.8 Å². The molecule has 0 saturated carbocycles. The van der Waals surface area contributed by atoms with Crippen LogP contribution in [0.3, 0.4) is 0 Å². The Hall–Kier alpha value is -0.650. The van der Waals surface area contributed by atoms with Crippen LogP contribution in [0.5, 0.6) is 0 Å². The highest BCUT2D eigenvalue weighted by atomic mass is 16.7. The summed E-state index contributed by atoms with van der Waals surface area (Å²) in [6.45, 7) is 5.42. The molecule has 1 aliphatic heterocycles. The highest BCUT2D eigenvalue weighted by Gasteiger charge is 2.22. The molecule has 94 valence electrons. The highest BCUT2D eigenvalue weighted by molar-refractivity contribution is 5.69. The third-order valence-electron chi connectivity index (χ3n) is 2.14. The van der Waals surface area contributed by atoms with E-state index in [0.29, 0.717) is 32.2 Å². The average Bonchev–Trinajstić information content (AvgIpc) is 2.67. The lowest BCUT2D eigenvalue weighted by molar-refractivity contribution is -0.148. The van der Waals surface area contributed by atoms with Crippen molar-refractivity contribution in [1.29, 1.82) is 0 Å². The summed E-state index contributed by atoms with van der Waals surface area (Å²) in [6, 6.07) is 0. The van der Waals surface area contributed by atoms with Crippen molar-refractivity contribution in [3.8, 4) is 0 Å². The van der Waals surface area contributed by atoms with Gasteiger partial charge in [-0.15, -0.1) is 0 Å². The van der Waals surface area contributed by atoms with Crippen molar-refractivity contribution in [2.75, 3.05) is 19.8 Å². The van der Waals surface area contributed by atoms with E-state index in [1.807, 2.05) is 13.8 Å². The predicted molar refractivity (Wildman–Crippen MR) is 56.7 cm³/mol. The summed E-state index contributed by atoms with van der Waals surface area (Å²) in [5.41, 5.74) is 0. The van der Waals surface area contributed by atoms with Gasteiger partial charge >= 0.3 is 5.97 Å². The second-order valence-corrected chi connectivity index (χ2v) is 4.34. The lowest BCUT2D eigenvalue weighted by Gasteiger charge is -2.14. The zero-order chi connectivity index (χ0) is 12.0. The molecule has 0 aromatic rings. The Morgan fingerprint density at radius 1 is 1.44 bits per heavy atom. The Bertz CT molecular complexity index is 210. The van der Waals surface area contributed by atoms with Crippen LogP contribution in [0.15, 0.2) is 0 Å². The molecule has 16 heavy (non-hydrogen) atoms. The Labute approximate surface area is 95.7 Å². The minimum absolute atomic E-state index is 0.00403. The second kappa shape index (κ2) is 6.83. The van der Waals surface area contributed by atoms with E-state index in [-0.39, 0.29) is 18.7 Å². The van der Waals surface area contributed by atoms with Crippen molar-refractivity contribution >= 4 is 5.97 Å². The van der Waals surface area contributed by atoms with Crippen LogP contribution in [0.25, 0.3) is 0 Å². The first kappa shape index (κ1) is 13.4. The van der Waals surface area contributed by atoms with Crippen LogP contribution in [0, 0.1) is 5.92 Å². The number of hydrogen-bond donors (Lipinski definition) is 1. The summed E-state index contributed by atoms with van der Waals surface area (Å²) in [5, 5.41) is 9.58. The third kappa shape index (κ3) is 5.44. The Balaban J connectivity index is 2.12. The van der Waals surface area contributed by atoms with E-state index in [2.05, 4.69) is 0 Å². The number of ether oxygens (including phenoxy) is 3. The molecule has 1 rings (SSSR count). The van der Waals surface area contributed by atoms with E-state index < -0.39 is 6.10 Å². The molecule has 0 unspecified atom stereocenters. The number of aliphatic hydroxyl groups excluding tert-OH is 1. The molecule has 1 aliphatic rings. The van der Waals surface area contributed by atoms with Crippen molar-refractivity contribution in [2.24, 2.45) is 5.92 Å². The zero-order valence-electron chi connectivity index (χ0n) is 9.85. The van der Waals surface area contributed by atoms with E-state index in [4.69, 9.17) is 14.2 Å². The number of carbonyl (C=O) groups excluding carboxylic acids is 1. The normalized spacial score (nSPS) is 19.0. The maximum atomic E-state index is 11.3. The van der Waals surface area contributed by atoms with Crippen molar-refractivity contribution in [1.82, 2.24) is 0 Å². The van der Waals surface area contributed by atoms with Crippen LogP contribution >= 0.6 is 0 Å². The van der Waals surface area contributed by atoms with Gasteiger partial charge in [0.25, 0.3) is 0 Å². The molecule has 0 aliphatic carbocycles. The monoisotopic (exact) mass is 232 g/mol. The Kier molecular flexibility index (Phi) is 5.73. The van der Waals surface area contributed by atoms with Gasteiger partial charge in [-0.3, -0.25) is 4.79 Å².